The summed E-state index contributed by atoms with van der Waals surface area (Å²) >= 11 is 5.15. The van der Waals surface area contributed by atoms with Gasteiger partial charge in [0.25, 0.3) is 5.91 Å². The van der Waals surface area contributed by atoms with Crippen LogP contribution < -0.4 is 10.6 Å². The fraction of sp³-hybridized carbons (Fsp3) is 0.125. The van der Waals surface area contributed by atoms with E-state index in [9.17, 15) is 4.79 Å². The molecule has 0 saturated carbocycles. The third-order valence-electron chi connectivity index (χ3n) is 2.78. The van der Waals surface area contributed by atoms with E-state index in [2.05, 4.69) is 10.6 Å². The van der Waals surface area contributed by atoms with Crippen molar-refractivity contribution in [2.45, 2.75) is 13.8 Å². The molecule has 2 aromatic rings. The van der Waals surface area contributed by atoms with E-state index in [1.807, 2.05) is 56.3 Å². The van der Waals surface area contributed by atoms with Gasteiger partial charge in [-0.2, -0.15) is 0 Å². The molecule has 0 saturated heterocycles. The molecule has 2 rings (SSSR count). The Labute approximate surface area is 124 Å². The molecule has 0 unspecified atom stereocenters. The molecule has 0 fully saturated rings. The molecule has 0 heterocycles. The van der Waals surface area contributed by atoms with E-state index in [0.29, 0.717) is 10.7 Å². The third kappa shape index (κ3) is 3.90. The summed E-state index contributed by atoms with van der Waals surface area (Å²) in [5.41, 5.74) is 3.62. The largest absolute Gasteiger partial charge is 0.332 e. The molecule has 0 radical (unpaired) electrons. The zero-order valence-corrected chi connectivity index (χ0v) is 12.3. The smallest absolute Gasteiger partial charge is 0.257 e. The van der Waals surface area contributed by atoms with Crippen molar-refractivity contribution in [3.8, 4) is 0 Å². The maximum atomic E-state index is 12.0. The summed E-state index contributed by atoms with van der Waals surface area (Å²) in [7, 11) is 0. The number of carbonyl (C=O) groups excluding carboxylic acids is 1. The summed E-state index contributed by atoms with van der Waals surface area (Å²) in [6.45, 7) is 3.94. The van der Waals surface area contributed by atoms with Gasteiger partial charge in [-0.1, -0.05) is 29.8 Å². The molecule has 2 aromatic carbocycles. The Morgan fingerprint density at radius 3 is 2.30 bits per heavy atom. The molecule has 1 amide bonds. The van der Waals surface area contributed by atoms with Gasteiger partial charge in [-0.15, -0.1) is 0 Å². The van der Waals surface area contributed by atoms with Crippen molar-refractivity contribution in [1.29, 1.82) is 0 Å². The number of aryl methyl sites for hydroxylation is 2. The first kappa shape index (κ1) is 14.2. The molecular weight excluding hydrogens is 268 g/mol. The predicted molar refractivity (Wildman–Crippen MR) is 86.0 cm³/mol. The molecule has 0 spiro atoms. The molecule has 0 aliphatic heterocycles. The molecular formula is C16H16N2OS. The second kappa shape index (κ2) is 6.30. The molecule has 3 nitrogen and oxygen atoms in total. The number of hydrogen-bond acceptors (Lipinski definition) is 2. The third-order valence-corrected chi connectivity index (χ3v) is 2.99. The van der Waals surface area contributed by atoms with Crippen LogP contribution >= 0.6 is 12.2 Å². The van der Waals surface area contributed by atoms with E-state index in [-0.39, 0.29) is 5.91 Å². The van der Waals surface area contributed by atoms with Crippen LogP contribution in [-0.2, 0) is 0 Å². The zero-order valence-electron chi connectivity index (χ0n) is 11.4. The van der Waals surface area contributed by atoms with Crippen molar-refractivity contribution >= 4 is 28.9 Å². The standard InChI is InChI=1S/C16H16N2OS/c1-11-5-3-7-13(9-11)15(19)18-16(20)17-14-8-4-6-12(2)10-14/h3-10H,1-2H3,(H2,17,18,19,20). The maximum absolute atomic E-state index is 12.0. The number of hydrogen-bond donors (Lipinski definition) is 2. The fourth-order valence-corrected chi connectivity index (χ4v) is 2.06. The summed E-state index contributed by atoms with van der Waals surface area (Å²) in [4.78, 5) is 12.0. The van der Waals surface area contributed by atoms with Crippen LogP contribution in [0.25, 0.3) is 0 Å². The average molecular weight is 284 g/mol. The van der Waals surface area contributed by atoms with E-state index in [1.54, 1.807) is 6.07 Å². The first-order valence-electron chi connectivity index (χ1n) is 6.30. The average Bonchev–Trinajstić information content (AvgIpc) is 2.38. The Morgan fingerprint density at radius 2 is 1.65 bits per heavy atom. The van der Waals surface area contributed by atoms with Crippen molar-refractivity contribution in [2.24, 2.45) is 0 Å². The highest BCUT2D eigenvalue weighted by Crippen LogP contribution is 2.09. The highest BCUT2D eigenvalue weighted by atomic mass is 32.1. The number of rotatable bonds is 2. The Bertz CT molecular complexity index is 652. The van der Waals surface area contributed by atoms with E-state index in [0.717, 1.165) is 16.8 Å². The lowest BCUT2D eigenvalue weighted by Crippen LogP contribution is -2.34. The summed E-state index contributed by atoms with van der Waals surface area (Å²) < 4.78 is 0. The van der Waals surface area contributed by atoms with Crippen LogP contribution in [0, 0.1) is 13.8 Å². The van der Waals surface area contributed by atoms with Crippen LogP contribution in [0.3, 0.4) is 0 Å². The van der Waals surface area contributed by atoms with Gasteiger partial charge < -0.3 is 5.32 Å². The first-order valence-corrected chi connectivity index (χ1v) is 6.71. The number of benzene rings is 2. The molecule has 0 aliphatic rings. The number of thiocarbonyl (C=S) groups is 1. The molecule has 20 heavy (non-hydrogen) atoms. The van der Waals surface area contributed by atoms with Crippen molar-refractivity contribution < 1.29 is 4.79 Å². The van der Waals surface area contributed by atoms with Crippen LogP contribution in [0.5, 0.6) is 0 Å². The maximum Gasteiger partial charge on any atom is 0.257 e. The molecule has 0 aliphatic carbocycles. The van der Waals surface area contributed by atoms with Gasteiger partial charge in [0.15, 0.2) is 5.11 Å². The Balaban J connectivity index is 1.99. The molecule has 4 heteroatoms. The lowest BCUT2D eigenvalue weighted by Gasteiger charge is -2.10. The van der Waals surface area contributed by atoms with Crippen LogP contribution in [0.1, 0.15) is 21.5 Å². The van der Waals surface area contributed by atoms with Gasteiger partial charge in [-0.25, -0.2) is 0 Å². The highest BCUT2D eigenvalue weighted by Gasteiger charge is 2.07. The van der Waals surface area contributed by atoms with Gasteiger partial charge in [0.05, 0.1) is 0 Å². The van der Waals surface area contributed by atoms with Crippen molar-refractivity contribution in [3.63, 3.8) is 0 Å². The fourth-order valence-electron chi connectivity index (χ4n) is 1.85. The van der Waals surface area contributed by atoms with Gasteiger partial charge in [0.1, 0.15) is 0 Å². The van der Waals surface area contributed by atoms with E-state index < -0.39 is 0 Å². The summed E-state index contributed by atoms with van der Waals surface area (Å²) in [6, 6.07) is 15.2. The van der Waals surface area contributed by atoms with Gasteiger partial charge >= 0.3 is 0 Å². The second-order valence-corrected chi connectivity index (χ2v) is 5.06. The van der Waals surface area contributed by atoms with Crippen LogP contribution in [-0.4, -0.2) is 11.0 Å². The normalized spacial score (nSPS) is 9.90. The minimum Gasteiger partial charge on any atom is -0.332 e. The lowest BCUT2D eigenvalue weighted by atomic mass is 10.1. The molecule has 2 N–H and O–H groups in total. The quantitative estimate of drug-likeness (QED) is 0.830. The molecule has 0 bridgehead atoms. The zero-order chi connectivity index (χ0) is 14.5. The van der Waals surface area contributed by atoms with Gasteiger partial charge in [0, 0.05) is 11.3 Å². The number of nitrogens with one attached hydrogen (secondary N) is 2. The monoisotopic (exact) mass is 284 g/mol. The predicted octanol–water partition coefficient (Wildman–Crippen LogP) is 3.43. The van der Waals surface area contributed by atoms with Crippen molar-refractivity contribution in [3.05, 3.63) is 65.2 Å². The highest BCUT2D eigenvalue weighted by molar-refractivity contribution is 7.80. The van der Waals surface area contributed by atoms with Crippen LogP contribution in [0.2, 0.25) is 0 Å². The van der Waals surface area contributed by atoms with Gasteiger partial charge in [-0.05, 0) is 55.9 Å². The number of carbonyl (C=O) groups is 1. The minimum atomic E-state index is -0.209. The van der Waals surface area contributed by atoms with E-state index in [1.165, 1.54) is 0 Å². The van der Waals surface area contributed by atoms with E-state index in [4.69, 9.17) is 12.2 Å². The Kier molecular flexibility index (Phi) is 4.48. The Hall–Kier alpha value is -2.20. The molecule has 0 atom stereocenters. The summed E-state index contributed by atoms with van der Waals surface area (Å²) in [5.74, 6) is -0.209. The van der Waals surface area contributed by atoms with E-state index >= 15 is 0 Å². The van der Waals surface area contributed by atoms with Crippen molar-refractivity contribution in [1.82, 2.24) is 5.32 Å². The van der Waals surface area contributed by atoms with Crippen LogP contribution in [0.4, 0.5) is 5.69 Å². The van der Waals surface area contributed by atoms with Crippen LogP contribution in [0.15, 0.2) is 48.5 Å². The summed E-state index contributed by atoms with van der Waals surface area (Å²) in [6.07, 6.45) is 0. The van der Waals surface area contributed by atoms with Gasteiger partial charge in [-0.3, -0.25) is 10.1 Å². The summed E-state index contributed by atoms with van der Waals surface area (Å²) in [5, 5.41) is 5.96. The SMILES string of the molecule is Cc1cccc(NC(=S)NC(=O)c2cccc(C)c2)c1. The molecule has 0 aromatic heterocycles. The van der Waals surface area contributed by atoms with Crippen molar-refractivity contribution in [2.75, 3.05) is 5.32 Å². The lowest BCUT2D eigenvalue weighted by molar-refractivity contribution is 0.0977. The second-order valence-electron chi connectivity index (χ2n) is 4.65. The topological polar surface area (TPSA) is 41.1 Å². The number of amides is 1. The minimum absolute atomic E-state index is 0.209. The number of anilines is 1. The first-order chi connectivity index (χ1) is 9.54. The Morgan fingerprint density at radius 1 is 1.00 bits per heavy atom. The van der Waals surface area contributed by atoms with Gasteiger partial charge in [0.2, 0.25) is 0 Å². The molecule has 102 valence electrons.